The number of rotatable bonds is 2. The number of methoxy groups -OCH3 is 1. The fraction of sp³-hybridized carbons (Fsp3) is 0.333. The van der Waals surface area contributed by atoms with Crippen LogP contribution in [0.25, 0.3) is 11.3 Å². The molecule has 0 amide bonds. The van der Waals surface area contributed by atoms with Gasteiger partial charge >= 0.3 is 0 Å². The topological polar surface area (TPSA) is 25.0 Å². The lowest BCUT2D eigenvalue weighted by atomic mass is 9.98. The first-order valence-corrected chi connectivity index (χ1v) is 6.22. The van der Waals surface area contributed by atoms with Gasteiger partial charge in [-0.2, -0.15) is 0 Å². The molecule has 2 aromatic rings. The van der Waals surface area contributed by atoms with Crippen LogP contribution >= 0.6 is 0 Å². The van der Waals surface area contributed by atoms with Gasteiger partial charge in [0.05, 0.1) is 7.11 Å². The molecule has 1 aliphatic carbocycles. The second-order valence-corrected chi connectivity index (χ2v) is 4.62. The number of aromatic amines is 1. The fourth-order valence-corrected chi connectivity index (χ4v) is 2.53. The third kappa shape index (κ3) is 1.95. The number of H-pyrrole nitrogens is 1. The van der Waals surface area contributed by atoms with Gasteiger partial charge in [0, 0.05) is 11.4 Å². The Hall–Kier alpha value is -1.70. The predicted molar refractivity (Wildman–Crippen MR) is 69.4 cm³/mol. The van der Waals surface area contributed by atoms with Crippen LogP contribution in [-0.2, 0) is 12.8 Å². The van der Waals surface area contributed by atoms with Crippen molar-refractivity contribution in [2.75, 3.05) is 7.11 Å². The summed E-state index contributed by atoms with van der Waals surface area (Å²) in [4.78, 5) is 3.55. The number of fused-ring (bicyclic) bond motifs is 1. The fourth-order valence-electron chi connectivity index (χ4n) is 2.53. The predicted octanol–water partition coefficient (Wildman–Crippen LogP) is 3.57. The van der Waals surface area contributed by atoms with Crippen LogP contribution in [0.15, 0.2) is 30.3 Å². The summed E-state index contributed by atoms with van der Waals surface area (Å²) in [6.45, 7) is 0. The molecule has 0 atom stereocenters. The molecule has 0 fully saturated rings. The molecule has 1 aromatic heterocycles. The van der Waals surface area contributed by atoms with E-state index in [1.54, 1.807) is 7.11 Å². The lowest BCUT2D eigenvalue weighted by Gasteiger charge is -2.09. The van der Waals surface area contributed by atoms with Gasteiger partial charge in [-0.15, -0.1) is 0 Å². The standard InChI is InChI=1S/C15H17NO/c1-17-13-8-6-11(7-9-13)15-10-12-4-2-3-5-14(12)16-15/h6-10,16H,2-5H2,1H3. The SMILES string of the molecule is COc1ccc(-c2cc3c([nH]2)CCCC3)cc1. The van der Waals surface area contributed by atoms with Crippen LogP contribution in [-0.4, -0.2) is 12.1 Å². The van der Waals surface area contributed by atoms with E-state index in [1.165, 1.54) is 48.2 Å². The molecule has 2 nitrogen and oxygen atoms in total. The van der Waals surface area contributed by atoms with E-state index in [4.69, 9.17) is 4.74 Å². The highest BCUT2D eigenvalue weighted by molar-refractivity contribution is 5.62. The summed E-state index contributed by atoms with van der Waals surface area (Å²) in [6, 6.07) is 10.5. The van der Waals surface area contributed by atoms with Gasteiger partial charge in [-0.25, -0.2) is 0 Å². The van der Waals surface area contributed by atoms with E-state index in [-0.39, 0.29) is 0 Å². The Bertz CT molecular complexity index is 487. The number of aromatic nitrogens is 1. The summed E-state index contributed by atoms with van der Waals surface area (Å²) in [5.41, 5.74) is 5.41. The van der Waals surface area contributed by atoms with Gasteiger partial charge in [-0.3, -0.25) is 0 Å². The van der Waals surface area contributed by atoms with Crippen LogP contribution in [0.4, 0.5) is 0 Å². The number of benzene rings is 1. The third-order valence-corrected chi connectivity index (χ3v) is 3.52. The Morgan fingerprint density at radius 1 is 1.06 bits per heavy atom. The normalized spacial score (nSPS) is 14.4. The quantitative estimate of drug-likeness (QED) is 0.833. The van der Waals surface area contributed by atoms with Crippen LogP contribution in [0.5, 0.6) is 5.75 Å². The van der Waals surface area contributed by atoms with Crippen molar-refractivity contribution in [3.63, 3.8) is 0 Å². The number of hydrogen-bond donors (Lipinski definition) is 1. The minimum absolute atomic E-state index is 0.907. The Balaban J connectivity index is 1.94. The monoisotopic (exact) mass is 227 g/mol. The van der Waals surface area contributed by atoms with Crippen molar-refractivity contribution in [3.8, 4) is 17.0 Å². The third-order valence-electron chi connectivity index (χ3n) is 3.52. The van der Waals surface area contributed by atoms with Crippen molar-refractivity contribution >= 4 is 0 Å². The van der Waals surface area contributed by atoms with Crippen LogP contribution < -0.4 is 4.74 Å². The number of ether oxygens (including phenoxy) is 1. The molecule has 0 radical (unpaired) electrons. The summed E-state index contributed by atoms with van der Waals surface area (Å²) >= 11 is 0. The second kappa shape index (κ2) is 4.28. The molecule has 2 heteroatoms. The average molecular weight is 227 g/mol. The number of aryl methyl sites for hydroxylation is 2. The molecular formula is C15H17NO. The van der Waals surface area contributed by atoms with Crippen molar-refractivity contribution in [2.24, 2.45) is 0 Å². The minimum atomic E-state index is 0.907. The average Bonchev–Trinajstić information content (AvgIpc) is 2.82. The molecule has 0 saturated heterocycles. The van der Waals surface area contributed by atoms with Gasteiger partial charge in [-0.1, -0.05) is 0 Å². The van der Waals surface area contributed by atoms with E-state index in [0.717, 1.165) is 5.75 Å². The molecule has 0 spiro atoms. The van der Waals surface area contributed by atoms with Gasteiger partial charge in [0.25, 0.3) is 0 Å². The van der Waals surface area contributed by atoms with Gasteiger partial charge in [-0.05, 0) is 67.1 Å². The van der Waals surface area contributed by atoms with Crippen LogP contribution in [0, 0.1) is 0 Å². The molecule has 1 N–H and O–H groups in total. The van der Waals surface area contributed by atoms with Crippen LogP contribution in [0.1, 0.15) is 24.1 Å². The summed E-state index contributed by atoms with van der Waals surface area (Å²) in [5.74, 6) is 0.907. The van der Waals surface area contributed by atoms with Crippen molar-refractivity contribution in [2.45, 2.75) is 25.7 Å². The van der Waals surface area contributed by atoms with E-state index in [2.05, 4.69) is 23.2 Å². The van der Waals surface area contributed by atoms with Crippen molar-refractivity contribution < 1.29 is 4.74 Å². The smallest absolute Gasteiger partial charge is 0.118 e. The molecule has 3 rings (SSSR count). The van der Waals surface area contributed by atoms with E-state index in [9.17, 15) is 0 Å². The molecule has 0 bridgehead atoms. The maximum Gasteiger partial charge on any atom is 0.118 e. The lowest BCUT2D eigenvalue weighted by Crippen LogP contribution is -1.99. The number of hydrogen-bond acceptors (Lipinski definition) is 1. The Labute approximate surface area is 102 Å². The molecule has 0 aliphatic heterocycles. The summed E-state index contributed by atoms with van der Waals surface area (Å²) in [7, 11) is 1.70. The van der Waals surface area contributed by atoms with Crippen LogP contribution in [0.3, 0.4) is 0 Å². The first-order valence-electron chi connectivity index (χ1n) is 6.22. The highest BCUT2D eigenvalue weighted by Crippen LogP contribution is 2.28. The molecule has 1 aromatic carbocycles. The number of nitrogens with one attached hydrogen (secondary N) is 1. The van der Waals surface area contributed by atoms with E-state index in [0.29, 0.717) is 0 Å². The van der Waals surface area contributed by atoms with Gasteiger partial charge in [0.2, 0.25) is 0 Å². The van der Waals surface area contributed by atoms with Gasteiger partial charge < -0.3 is 9.72 Å². The molecule has 17 heavy (non-hydrogen) atoms. The zero-order valence-electron chi connectivity index (χ0n) is 10.1. The summed E-state index contributed by atoms with van der Waals surface area (Å²) in [6.07, 6.45) is 5.07. The summed E-state index contributed by atoms with van der Waals surface area (Å²) < 4.78 is 5.18. The Morgan fingerprint density at radius 2 is 1.82 bits per heavy atom. The second-order valence-electron chi connectivity index (χ2n) is 4.62. The first-order chi connectivity index (χ1) is 8.36. The summed E-state index contributed by atoms with van der Waals surface area (Å²) in [5, 5.41) is 0. The molecule has 0 saturated carbocycles. The van der Waals surface area contributed by atoms with Crippen molar-refractivity contribution in [1.82, 2.24) is 4.98 Å². The van der Waals surface area contributed by atoms with E-state index >= 15 is 0 Å². The zero-order valence-corrected chi connectivity index (χ0v) is 10.1. The highest BCUT2D eigenvalue weighted by atomic mass is 16.5. The molecule has 1 heterocycles. The van der Waals surface area contributed by atoms with E-state index < -0.39 is 0 Å². The van der Waals surface area contributed by atoms with Crippen molar-refractivity contribution in [1.29, 1.82) is 0 Å². The van der Waals surface area contributed by atoms with E-state index in [1.807, 2.05) is 12.1 Å². The van der Waals surface area contributed by atoms with Crippen LogP contribution in [0.2, 0.25) is 0 Å². The largest absolute Gasteiger partial charge is 0.497 e. The van der Waals surface area contributed by atoms with Gasteiger partial charge in [0.15, 0.2) is 0 Å². The maximum absolute atomic E-state index is 5.18. The molecule has 1 aliphatic rings. The molecule has 0 unspecified atom stereocenters. The zero-order chi connectivity index (χ0) is 11.7. The minimum Gasteiger partial charge on any atom is -0.497 e. The molecule has 88 valence electrons. The lowest BCUT2D eigenvalue weighted by molar-refractivity contribution is 0.415. The maximum atomic E-state index is 5.18. The van der Waals surface area contributed by atoms with Crippen molar-refractivity contribution in [3.05, 3.63) is 41.6 Å². The van der Waals surface area contributed by atoms with Gasteiger partial charge in [0.1, 0.15) is 5.75 Å². The first kappa shape index (κ1) is 10.5. The highest BCUT2D eigenvalue weighted by Gasteiger charge is 2.13. The Kier molecular flexibility index (Phi) is 2.63. The molecular weight excluding hydrogens is 210 g/mol. The Morgan fingerprint density at radius 3 is 2.53 bits per heavy atom.